The zero-order chi connectivity index (χ0) is 35.5. The Balaban J connectivity index is 1.66. The summed E-state index contributed by atoms with van der Waals surface area (Å²) in [5.74, 6) is -5.44. The van der Waals surface area contributed by atoms with Crippen molar-refractivity contribution in [3.8, 4) is 6.07 Å². The maximum atomic E-state index is 13.2. The molecule has 16 heteroatoms. The van der Waals surface area contributed by atoms with Gasteiger partial charge in [-0.2, -0.15) is 31.6 Å². The number of hydrogen-bond acceptors (Lipinski definition) is 6. The summed E-state index contributed by atoms with van der Waals surface area (Å²) in [4.78, 5) is 48.4. The number of benzene rings is 3. The number of carbonyl (C=O) groups excluding carboxylic acids is 4. The Morgan fingerprint density at radius 2 is 0.979 bits per heavy atom. The number of amides is 4. The van der Waals surface area contributed by atoms with Crippen molar-refractivity contribution in [1.82, 2.24) is 21.3 Å². The van der Waals surface area contributed by atoms with Gasteiger partial charge in [0.2, 0.25) is 11.8 Å². The number of hydrogen-bond donors (Lipinski definition) is 5. The number of halogens is 6. The maximum Gasteiger partial charge on any atom is 0.471 e. The van der Waals surface area contributed by atoms with E-state index in [4.69, 9.17) is 11.0 Å². The minimum Gasteiger partial charge on any atom is -0.350 e. The van der Waals surface area contributed by atoms with Gasteiger partial charge in [-0.1, -0.05) is 60.7 Å². The van der Waals surface area contributed by atoms with Gasteiger partial charge in [-0.3, -0.25) is 19.2 Å². The Labute approximate surface area is 270 Å². The molecule has 1 unspecified atom stereocenters. The van der Waals surface area contributed by atoms with Gasteiger partial charge < -0.3 is 27.0 Å². The Morgan fingerprint density at radius 1 is 0.604 bits per heavy atom. The minimum atomic E-state index is -5.03. The fourth-order valence-corrected chi connectivity index (χ4v) is 4.23. The molecule has 0 aliphatic heterocycles. The van der Waals surface area contributed by atoms with Gasteiger partial charge in [0.05, 0.1) is 17.7 Å². The van der Waals surface area contributed by atoms with E-state index in [1.807, 2.05) is 6.07 Å². The molecule has 0 saturated carbocycles. The molecule has 3 rings (SSSR count). The van der Waals surface area contributed by atoms with Crippen LogP contribution in [0.2, 0.25) is 0 Å². The Morgan fingerprint density at radius 3 is 1.40 bits per heavy atom. The average molecular weight is 677 g/mol. The number of nitrogens with two attached hydrogens (primary N) is 1. The van der Waals surface area contributed by atoms with E-state index in [2.05, 4.69) is 10.6 Å². The van der Waals surface area contributed by atoms with E-state index in [-0.39, 0.29) is 32.5 Å². The molecule has 0 bridgehead atoms. The molecule has 2 atom stereocenters. The smallest absolute Gasteiger partial charge is 0.350 e. The van der Waals surface area contributed by atoms with Crippen LogP contribution in [-0.2, 0) is 51.7 Å². The highest BCUT2D eigenvalue weighted by Crippen LogP contribution is 2.16. The molecule has 0 aliphatic carbocycles. The second kappa shape index (κ2) is 16.4. The SMILES string of the molecule is N#Cc1ccc(CNC(=O)[C@H](Cc2ccc(CNC(=O)C(F)(F)F)cc2)NC(=O)C(N)Cc2ccc(CNC(=O)C(F)(F)F)cc2)cc1. The largest absolute Gasteiger partial charge is 0.471 e. The molecule has 0 aliphatic rings. The van der Waals surface area contributed by atoms with Gasteiger partial charge in [0.1, 0.15) is 6.04 Å². The fourth-order valence-electron chi connectivity index (χ4n) is 4.23. The highest BCUT2D eigenvalue weighted by atomic mass is 19.4. The average Bonchev–Trinajstić information content (AvgIpc) is 3.05. The molecule has 254 valence electrons. The first-order valence-electron chi connectivity index (χ1n) is 14.2. The second-order valence-corrected chi connectivity index (χ2v) is 10.6. The summed E-state index contributed by atoms with van der Waals surface area (Å²) < 4.78 is 74.6. The summed E-state index contributed by atoms with van der Waals surface area (Å²) in [6.45, 7) is -0.688. The molecule has 6 N–H and O–H groups in total. The van der Waals surface area contributed by atoms with Crippen LogP contribution < -0.4 is 27.0 Å². The molecular formula is C32H30F6N6O4. The van der Waals surface area contributed by atoms with Crippen LogP contribution >= 0.6 is 0 Å². The van der Waals surface area contributed by atoms with E-state index < -0.39 is 48.1 Å². The van der Waals surface area contributed by atoms with Gasteiger partial charge in [-0.15, -0.1) is 0 Å². The second-order valence-electron chi connectivity index (χ2n) is 10.6. The van der Waals surface area contributed by atoms with Gasteiger partial charge in [-0.25, -0.2) is 0 Å². The Kier molecular flexibility index (Phi) is 12.7. The quantitative estimate of drug-likeness (QED) is 0.175. The van der Waals surface area contributed by atoms with Crippen LogP contribution in [0, 0.1) is 11.3 Å². The minimum absolute atomic E-state index is 0.00104. The predicted molar refractivity (Wildman–Crippen MR) is 159 cm³/mol. The molecule has 10 nitrogen and oxygen atoms in total. The van der Waals surface area contributed by atoms with E-state index in [1.54, 1.807) is 34.9 Å². The molecule has 0 aromatic heterocycles. The summed E-state index contributed by atoms with van der Waals surface area (Å²) in [5, 5.41) is 17.8. The summed E-state index contributed by atoms with van der Waals surface area (Å²) in [7, 11) is 0. The van der Waals surface area contributed by atoms with Crippen LogP contribution in [0.3, 0.4) is 0 Å². The summed E-state index contributed by atoms with van der Waals surface area (Å²) >= 11 is 0. The van der Waals surface area contributed by atoms with Crippen molar-refractivity contribution in [2.24, 2.45) is 5.73 Å². The number of alkyl halides is 6. The van der Waals surface area contributed by atoms with Gasteiger partial charge in [0.15, 0.2) is 0 Å². The topological polar surface area (TPSA) is 166 Å². The zero-order valence-corrected chi connectivity index (χ0v) is 25.0. The number of carbonyl (C=O) groups is 4. The van der Waals surface area contributed by atoms with Crippen molar-refractivity contribution in [3.05, 3.63) is 106 Å². The normalized spacial score (nSPS) is 12.6. The Bertz CT molecular complexity index is 1620. The Hall–Kier alpha value is -5.43. The summed E-state index contributed by atoms with van der Waals surface area (Å²) in [5.41, 5.74) is 9.03. The van der Waals surface area contributed by atoms with Gasteiger partial charge in [-0.05, 0) is 46.4 Å². The standard InChI is InChI=1S/C32H30F6N6O4/c33-31(34,35)29(47)42-17-23-7-1-19(2-8-23)13-25(40)27(45)44-26(28(46)41-16-22-11-5-21(15-39)6-12-22)14-20-3-9-24(10-4-20)18-43-30(48)32(36,37)38/h1-12,25-26H,13-14,16-18,40H2,(H,41,46)(H,42,47)(H,43,48)(H,44,45)/t25?,26-/m0/s1. The number of nitriles is 1. The zero-order valence-electron chi connectivity index (χ0n) is 25.0. The molecule has 0 radical (unpaired) electrons. The van der Waals surface area contributed by atoms with Crippen LogP contribution in [0.15, 0.2) is 72.8 Å². The van der Waals surface area contributed by atoms with Gasteiger partial charge in [0.25, 0.3) is 0 Å². The van der Waals surface area contributed by atoms with E-state index in [0.29, 0.717) is 33.4 Å². The molecule has 0 spiro atoms. The monoisotopic (exact) mass is 676 g/mol. The third-order valence-corrected chi connectivity index (χ3v) is 6.88. The summed E-state index contributed by atoms with van der Waals surface area (Å²) in [6, 6.07) is 18.1. The van der Waals surface area contributed by atoms with Crippen molar-refractivity contribution >= 4 is 23.6 Å². The van der Waals surface area contributed by atoms with Crippen LogP contribution in [0.25, 0.3) is 0 Å². The third kappa shape index (κ3) is 11.7. The number of nitrogens with zero attached hydrogens (tertiary/aromatic N) is 1. The van der Waals surface area contributed by atoms with E-state index in [9.17, 15) is 45.5 Å². The summed E-state index contributed by atoms with van der Waals surface area (Å²) in [6.07, 6.45) is -10.1. The number of nitrogens with one attached hydrogen (secondary N) is 4. The third-order valence-electron chi connectivity index (χ3n) is 6.88. The van der Waals surface area contributed by atoms with Crippen molar-refractivity contribution in [3.63, 3.8) is 0 Å². The van der Waals surface area contributed by atoms with E-state index in [0.717, 1.165) is 0 Å². The lowest BCUT2D eigenvalue weighted by atomic mass is 10.0. The maximum absolute atomic E-state index is 13.2. The highest BCUT2D eigenvalue weighted by Gasteiger charge is 2.39. The molecule has 3 aromatic rings. The molecule has 3 aromatic carbocycles. The van der Waals surface area contributed by atoms with Crippen LogP contribution in [-0.4, -0.2) is 48.1 Å². The first kappa shape index (κ1) is 37.0. The molecule has 0 fully saturated rings. The van der Waals surface area contributed by atoms with Crippen LogP contribution in [0.1, 0.15) is 33.4 Å². The molecule has 4 amide bonds. The first-order chi connectivity index (χ1) is 22.5. The number of rotatable bonds is 13. The molecule has 0 saturated heterocycles. The lowest BCUT2D eigenvalue weighted by Crippen LogP contribution is -2.52. The van der Waals surface area contributed by atoms with Gasteiger partial charge in [0, 0.05) is 26.1 Å². The van der Waals surface area contributed by atoms with Crippen molar-refractivity contribution in [1.29, 1.82) is 5.26 Å². The lowest BCUT2D eigenvalue weighted by molar-refractivity contribution is -0.173. The fraction of sp³-hybridized carbons (Fsp3) is 0.281. The van der Waals surface area contributed by atoms with E-state index in [1.165, 1.54) is 48.5 Å². The molecule has 48 heavy (non-hydrogen) atoms. The van der Waals surface area contributed by atoms with Crippen molar-refractivity contribution < 1.29 is 45.5 Å². The van der Waals surface area contributed by atoms with E-state index >= 15 is 0 Å². The first-order valence-corrected chi connectivity index (χ1v) is 14.2. The van der Waals surface area contributed by atoms with Crippen LogP contribution in [0.4, 0.5) is 26.3 Å². The van der Waals surface area contributed by atoms with Crippen molar-refractivity contribution in [2.75, 3.05) is 0 Å². The molecular weight excluding hydrogens is 646 g/mol. The van der Waals surface area contributed by atoms with Gasteiger partial charge >= 0.3 is 24.2 Å². The molecule has 0 heterocycles. The highest BCUT2D eigenvalue weighted by molar-refractivity contribution is 5.90. The predicted octanol–water partition coefficient (Wildman–Crippen LogP) is 2.83. The van der Waals surface area contributed by atoms with Crippen LogP contribution in [0.5, 0.6) is 0 Å². The van der Waals surface area contributed by atoms with Crippen molar-refractivity contribution in [2.45, 2.75) is 56.9 Å². The lowest BCUT2D eigenvalue weighted by Gasteiger charge is -2.21.